The summed E-state index contributed by atoms with van der Waals surface area (Å²) in [5.41, 5.74) is 5.13. The Labute approximate surface area is 189 Å². The molecule has 1 atom stereocenters. The maximum absolute atomic E-state index is 13.0. The highest BCUT2D eigenvalue weighted by Gasteiger charge is 2.34. The summed E-state index contributed by atoms with van der Waals surface area (Å²) in [6.07, 6.45) is 0.813. The first kappa shape index (κ1) is 21.1. The summed E-state index contributed by atoms with van der Waals surface area (Å²) in [5.74, 6) is 0.430. The molecule has 0 bridgehead atoms. The minimum Gasteiger partial charge on any atom is -0.497 e. The van der Waals surface area contributed by atoms with E-state index in [1.807, 2.05) is 56.4 Å². The Morgan fingerprint density at radius 3 is 2.52 bits per heavy atom. The van der Waals surface area contributed by atoms with E-state index in [1.54, 1.807) is 7.11 Å². The molecule has 4 aromatic rings. The van der Waals surface area contributed by atoms with Crippen molar-refractivity contribution >= 4 is 10.9 Å². The predicted molar refractivity (Wildman–Crippen MR) is 126 cm³/mol. The number of quaternary nitrogens is 1. The van der Waals surface area contributed by atoms with Crippen LogP contribution < -0.4 is 21.3 Å². The van der Waals surface area contributed by atoms with Crippen LogP contribution >= 0.6 is 0 Å². The van der Waals surface area contributed by atoms with Gasteiger partial charge >= 0.3 is 5.69 Å². The van der Waals surface area contributed by atoms with Crippen LogP contribution in [-0.4, -0.2) is 33.3 Å². The summed E-state index contributed by atoms with van der Waals surface area (Å²) in [6, 6.07) is 9.25. The maximum Gasteiger partial charge on any atom is 0.335 e. The van der Waals surface area contributed by atoms with Gasteiger partial charge in [-0.2, -0.15) is 0 Å². The largest absolute Gasteiger partial charge is 0.497 e. The van der Waals surface area contributed by atoms with Gasteiger partial charge in [0.15, 0.2) is 6.04 Å². The van der Waals surface area contributed by atoms with Gasteiger partial charge in [0, 0.05) is 17.3 Å². The molecule has 8 nitrogen and oxygen atoms in total. The fourth-order valence-corrected chi connectivity index (χ4v) is 5.24. The second-order valence-electron chi connectivity index (χ2n) is 8.76. The molecule has 0 amide bonds. The molecule has 0 spiro atoms. The molecule has 0 aliphatic carbocycles. The Hall–Kier alpha value is -3.78. The average molecular weight is 448 g/mol. The molecule has 1 aliphatic rings. The lowest BCUT2D eigenvalue weighted by atomic mass is 9.95. The van der Waals surface area contributed by atoms with Crippen molar-refractivity contribution in [3.8, 4) is 17.3 Å². The minimum absolute atomic E-state index is 0.161. The molecule has 5 N–H and O–H groups in total. The van der Waals surface area contributed by atoms with E-state index in [9.17, 15) is 14.7 Å². The second kappa shape index (κ2) is 7.67. The lowest BCUT2D eigenvalue weighted by Crippen LogP contribution is -2.87. The second-order valence-corrected chi connectivity index (χ2v) is 8.76. The number of nitrogens with zero attached hydrogens (tertiary/aromatic N) is 1. The third kappa shape index (κ3) is 3.25. The molecular formula is C25H27N4O4+. The Balaban J connectivity index is 1.75. The summed E-state index contributed by atoms with van der Waals surface area (Å²) < 4.78 is 6.60. The summed E-state index contributed by atoms with van der Waals surface area (Å²) in [5, 5.41) is 14.4. The van der Waals surface area contributed by atoms with Crippen LogP contribution in [0.25, 0.3) is 16.6 Å². The molecule has 33 heavy (non-hydrogen) atoms. The average Bonchev–Trinajstić information content (AvgIpc) is 3.13. The van der Waals surface area contributed by atoms with Crippen LogP contribution in [0.3, 0.4) is 0 Å². The first-order chi connectivity index (χ1) is 15.8. The zero-order valence-corrected chi connectivity index (χ0v) is 19.1. The van der Waals surface area contributed by atoms with E-state index in [1.165, 1.54) is 4.57 Å². The van der Waals surface area contributed by atoms with Gasteiger partial charge in [-0.1, -0.05) is 17.7 Å². The molecule has 2 aromatic carbocycles. The number of ether oxygens (including phenoxy) is 1. The molecule has 170 valence electrons. The van der Waals surface area contributed by atoms with E-state index in [0.29, 0.717) is 5.69 Å². The van der Waals surface area contributed by atoms with E-state index in [0.717, 1.165) is 57.6 Å². The van der Waals surface area contributed by atoms with Crippen LogP contribution in [0.5, 0.6) is 11.6 Å². The lowest BCUT2D eigenvalue weighted by Gasteiger charge is -2.23. The lowest BCUT2D eigenvalue weighted by molar-refractivity contribution is -0.690. The van der Waals surface area contributed by atoms with Crippen molar-refractivity contribution in [1.82, 2.24) is 14.5 Å². The molecule has 0 fully saturated rings. The molecule has 8 heteroatoms. The Morgan fingerprint density at radius 2 is 1.82 bits per heavy atom. The summed E-state index contributed by atoms with van der Waals surface area (Å²) in [7, 11) is 1.63. The van der Waals surface area contributed by atoms with Gasteiger partial charge in [0.1, 0.15) is 11.3 Å². The number of aromatic amines is 2. The molecule has 0 unspecified atom stereocenters. The molecule has 3 heterocycles. The number of hydrogen-bond acceptors (Lipinski definition) is 4. The summed E-state index contributed by atoms with van der Waals surface area (Å²) in [6.45, 7) is 6.50. The summed E-state index contributed by atoms with van der Waals surface area (Å²) >= 11 is 0. The van der Waals surface area contributed by atoms with Crippen molar-refractivity contribution in [2.75, 3.05) is 13.7 Å². The van der Waals surface area contributed by atoms with Gasteiger partial charge in [-0.15, -0.1) is 0 Å². The van der Waals surface area contributed by atoms with E-state index in [-0.39, 0.29) is 11.4 Å². The quantitative estimate of drug-likeness (QED) is 0.384. The maximum atomic E-state index is 13.0. The standard InChI is InChI=1S/C25H26N4O4/c1-12-9-13(2)22(14(3)10-12)29-24(31)19(23(30)28-25(29)32)21-20-16(7-8-26-21)17-11-15(33-4)5-6-18(17)27-20/h5-6,9-11,21,26-27,31H,7-8H2,1-4H3,(H,28,30,32)/p+1/t21-/m1/s1. The zero-order valence-electron chi connectivity index (χ0n) is 19.1. The van der Waals surface area contributed by atoms with Gasteiger partial charge in [-0.25, -0.2) is 9.36 Å². The minimum atomic E-state index is -0.659. The monoisotopic (exact) mass is 447 g/mol. The van der Waals surface area contributed by atoms with Gasteiger partial charge in [0.05, 0.1) is 25.0 Å². The third-order valence-corrected chi connectivity index (χ3v) is 6.54. The fourth-order valence-electron chi connectivity index (χ4n) is 5.24. The molecule has 0 radical (unpaired) electrons. The van der Waals surface area contributed by atoms with Crippen molar-refractivity contribution in [1.29, 1.82) is 0 Å². The van der Waals surface area contributed by atoms with E-state index < -0.39 is 17.3 Å². The van der Waals surface area contributed by atoms with Crippen LogP contribution in [0.4, 0.5) is 0 Å². The number of aromatic nitrogens is 3. The smallest absolute Gasteiger partial charge is 0.335 e. The number of aryl methyl sites for hydroxylation is 3. The van der Waals surface area contributed by atoms with Crippen molar-refractivity contribution in [3.63, 3.8) is 0 Å². The highest BCUT2D eigenvalue weighted by molar-refractivity contribution is 5.86. The highest BCUT2D eigenvalue weighted by Crippen LogP contribution is 2.34. The molecule has 0 saturated carbocycles. The molecular weight excluding hydrogens is 420 g/mol. The van der Waals surface area contributed by atoms with Gasteiger partial charge in [0.25, 0.3) is 5.56 Å². The Kier molecular flexibility index (Phi) is 4.90. The van der Waals surface area contributed by atoms with Gasteiger partial charge < -0.3 is 20.1 Å². The number of fused-ring (bicyclic) bond motifs is 3. The normalized spacial score (nSPS) is 15.6. The Bertz CT molecular complexity index is 1500. The third-order valence-electron chi connectivity index (χ3n) is 6.54. The first-order valence-corrected chi connectivity index (χ1v) is 11.0. The number of benzene rings is 2. The van der Waals surface area contributed by atoms with Gasteiger partial charge in [-0.05, 0) is 55.7 Å². The molecule has 2 aromatic heterocycles. The summed E-state index contributed by atoms with van der Waals surface area (Å²) in [4.78, 5) is 31.7. The molecule has 5 rings (SSSR count). The van der Waals surface area contributed by atoms with E-state index in [4.69, 9.17) is 4.74 Å². The van der Waals surface area contributed by atoms with Gasteiger partial charge in [-0.3, -0.25) is 9.78 Å². The topological polar surface area (TPSA) is 117 Å². The van der Waals surface area contributed by atoms with Crippen LogP contribution in [0, 0.1) is 20.8 Å². The van der Waals surface area contributed by atoms with E-state index >= 15 is 0 Å². The predicted octanol–water partition coefficient (Wildman–Crippen LogP) is 1.86. The number of aromatic hydroxyl groups is 1. The van der Waals surface area contributed by atoms with Crippen molar-refractivity contribution in [3.05, 3.63) is 84.7 Å². The Morgan fingerprint density at radius 1 is 1.09 bits per heavy atom. The molecule has 0 saturated heterocycles. The van der Waals surface area contributed by atoms with Crippen LogP contribution in [0.1, 0.15) is 39.6 Å². The first-order valence-electron chi connectivity index (χ1n) is 11.0. The number of methoxy groups -OCH3 is 1. The van der Waals surface area contributed by atoms with Crippen LogP contribution in [0.15, 0.2) is 39.9 Å². The zero-order chi connectivity index (χ0) is 23.4. The fraction of sp³-hybridized carbons (Fsp3) is 0.280. The van der Waals surface area contributed by atoms with Crippen LogP contribution in [0.2, 0.25) is 0 Å². The number of rotatable bonds is 3. The van der Waals surface area contributed by atoms with Crippen molar-refractivity contribution in [2.45, 2.75) is 33.2 Å². The number of H-pyrrole nitrogens is 2. The number of nitrogens with one attached hydrogen (secondary N) is 2. The highest BCUT2D eigenvalue weighted by atomic mass is 16.5. The number of nitrogens with two attached hydrogens (primary N) is 1. The van der Waals surface area contributed by atoms with Crippen molar-refractivity contribution in [2.24, 2.45) is 0 Å². The van der Waals surface area contributed by atoms with E-state index in [2.05, 4.69) is 9.97 Å². The molecule has 1 aliphatic heterocycles. The van der Waals surface area contributed by atoms with Crippen molar-refractivity contribution < 1.29 is 15.2 Å². The number of hydrogen-bond donors (Lipinski definition) is 4. The van der Waals surface area contributed by atoms with Gasteiger partial charge in [0.2, 0.25) is 5.88 Å². The van der Waals surface area contributed by atoms with Crippen LogP contribution in [-0.2, 0) is 6.42 Å². The SMILES string of the molecule is COc1ccc2[nH]c3c(c2c1)CC[NH2+][C@@H]3c1c(O)n(-c2c(C)cc(C)cc2C)c(=O)[nH]c1=O.